The van der Waals surface area contributed by atoms with E-state index in [1.165, 1.54) is 5.56 Å². The van der Waals surface area contributed by atoms with Gasteiger partial charge in [-0.1, -0.05) is 60.7 Å². The molecule has 0 bridgehead atoms. The first-order valence-corrected chi connectivity index (χ1v) is 9.14. The summed E-state index contributed by atoms with van der Waals surface area (Å²) in [6.07, 6.45) is 1.31. The van der Waals surface area contributed by atoms with Crippen molar-refractivity contribution in [3.63, 3.8) is 0 Å². The van der Waals surface area contributed by atoms with E-state index in [-0.39, 0.29) is 29.9 Å². The molecule has 27 heavy (non-hydrogen) atoms. The maximum Gasteiger partial charge on any atom is 0.222 e. The van der Waals surface area contributed by atoms with Crippen LogP contribution in [0.15, 0.2) is 65.7 Å². The Morgan fingerprint density at radius 2 is 1.52 bits per heavy atom. The Kier molecular flexibility index (Phi) is 11.9. The molecule has 0 radical (unpaired) electrons. The number of carbonyl (C=O) groups excluding carboxylic acids is 1. The topological polar surface area (TPSA) is 65.5 Å². The lowest BCUT2D eigenvalue weighted by atomic mass is 10.1. The molecule has 0 saturated heterocycles. The highest BCUT2D eigenvalue weighted by Gasteiger charge is 2.02. The maximum absolute atomic E-state index is 11.9. The van der Waals surface area contributed by atoms with Crippen LogP contribution in [0.4, 0.5) is 0 Å². The number of carbonyl (C=O) groups is 1. The third-order valence-electron chi connectivity index (χ3n) is 3.83. The first-order valence-electron chi connectivity index (χ1n) is 9.14. The van der Waals surface area contributed by atoms with Gasteiger partial charge in [0.1, 0.15) is 0 Å². The minimum absolute atomic E-state index is 0. The molecule has 1 amide bonds. The SMILES string of the molecule is CCNC(=NCCC(=O)NCc1ccccc1)NCCc1ccccc1.I. The van der Waals surface area contributed by atoms with Crippen molar-refractivity contribution in [2.75, 3.05) is 19.6 Å². The third-order valence-corrected chi connectivity index (χ3v) is 3.83. The number of guanidine groups is 1. The van der Waals surface area contributed by atoms with E-state index < -0.39 is 0 Å². The van der Waals surface area contributed by atoms with Crippen LogP contribution in [0.2, 0.25) is 0 Å². The summed E-state index contributed by atoms with van der Waals surface area (Å²) in [5.41, 5.74) is 2.39. The molecule has 2 aromatic carbocycles. The number of aliphatic imine (C=N–C) groups is 1. The number of rotatable bonds is 9. The molecule has 0 fully saturated rings. The lowest BCUT2D eigenvalue weighted by Crippen LogP contribution is -2.38. The summed E-state index contributed by atoms with van der Waals surface area (Å²) >= 11 is 0. The summed E-state index contributed by atoms with van der Waals surface area (Å²) in [5.74, 6) is 0.761. The molecule has 0 aliphatic rings. The number of hydrogen-bond acceptors (Lipinski definition) is 2. The highest BCUT2D eigenvalue weighted by molar-refractivity contribution is 14.0. The zero-order valence-electron chi connectivity index (χ0n) is 15.8. The summed E-state index contributed by atoms with van der Waals surface area (Å²) in [6.45, 7) is 4.63. The summed E-state index contributed by atoms with van der Waals surface area (Å²) in [6, 6.07) is 20.2. The van der Waals surface area contributed by atoms with Crippen LogP contribution in [-0.4, -0.2) is 31.5 Å². The van der Waals surface area contributed by atoms with E-state index in [0.717, 1.165) is 31.0 Å². The Labute approximate surface area is 179 Å². The van der Waals surface area contributed by atoms with Crippen LogP contribution >= 0.6 is 24.0 Å². The number of benzene rings is 2. The quantitative estimate of drug-likeness (QED) is 0.294. The average Bonchev–Trinajstić information content (AvgIpc) is 2.68. The lowest BCUT2D eigenvalue weighted by molar-refractivity contribution is -0.121. The first kappa shape index (κ1) is 23.0. The zero-order chi connectivity index (χ0) is 18.5. The molecule has 2 rings (SSSR count). The van der Waals surface area contributed by atoms with Gasteiger partial charge < -0.3 is 16.0 Å². The smallest absolute Gasteiger partial charge is 0.222 e. The molecule has 146 valence electrons. The van der Waals surface area contributed by atoms with Crippen molar-refractivity contribution in [1.29, 1.82) is 0 Å². The maximum atomic E-state index is 11.9. The molecule has 0 spiro atoms. The molecule has 0 atom stereocenters. The van der Waals surface area contributed by atoms with Gasteiger partial charge in [-0.3, -0.25) is 9.79 Å². The second kappa shape index (κ2) is 14.0. The van der Waals surface area contributed by atoms with Crippen LogP contribution in [0.5, 0.6) is 0 Å². The standard InChI is InChI=1S/C21H28N4O.HI/c1-2-22-21(23-15-13-18-9-5-3-6-10-18)24-16-14-20(26)25-17-19-11-7-4-8-12-19;/h3-12H,2,13-17H2,1H3,(H,25,26)(H2,22,23,24);1H. The molecule has 5 nitrogen and oxygen atoms in total. The Balaban J connectivity index is 0.00000364. The number of nitrogens with one attached hydrogen (secondary N) is 3. The summed E-state index contributed by atoms with van der Waals surface area (Å²) in [5, 5.41) is 9.44. The van der Waals surface area contributed by atoms with Gasteiger partial charge in [0.05, 0.1) is 6.54 Å². The Morgan fingerprint density at radius 3 is 2.15 bits per heavy atom. The van der Waals surface area contributed by atoms with Crippen LogP contribution in [0.3, 0.4) is 0 Å². The van der Waals surface area contributed by atoms with Gasteiger partial charge in [-0.2, -0.15) is 0 Å². The predicted molar refractivity (Wildman–Crippen MR) is 122 cm³/mol. The molecular formula is C21H29IN4O. The monoisotopic (exact) mass is 480 g/mol. The van der Waals surface area contributed by atoms with Crippen LogP contribution in [-0.2, 0) is 17.8 Å². The van der Waals surface area contributed by atoms with Gasteiger partial charge in [-0.25, -0.2) is 0 Å². The zero-order valence-corrected chi connectivity index (χ0v) is 18.1. The molecule has 0 aliphatic heterocycles. The molecular weight excluding hydrogens is 451 g/mol. The Hall–Kier alpha value is -2.09. The molecule has 0 aromatic heterocycles. The van der Waals surface area contributed by atoms with E-state index in [0.29, 0.717) is 19.5 Å². The number of hydrogen-bond donors (Lipinski definition) is 3. The van der Waals surface area contributed by atoms with Gasteiger partial charge in [0, 0.05) is 26.1 Å². The molecule has 2 aromatic rings. The van der Waals surface area contributed by atoms with E-state index in [1.807, 2.05) is 55.5 Å². The van der Waals surface area contributed by atoms with Gasteiger partial charge >= 0.3 is 0 Å². The predicted octanol–water partition coefficient (Wildman–Crippen LogP) is 3.11. The fourth-order valence-electron chi connectivity index (χ4n) is 2.47. The summed E-state index contributed by atoms with van der Waals surface area (Å²) < 4.78 is 0. The summed E-state index contributed by atoms with van der Waals surface area (Å²) in [7, 11) is 0. The fourth-order valence-corrected chi connectivity index (χ4v) is 2.47. The normalized spacial score (nSPS) is 10.6. The molecule has 0 saturated carbocycles. The van der Waals surface area contributed by atoms with Crippen molar-refractivity contribution in [2.24, 2.45) is 4.99 Å². The van der Waals surface area contributed by atoms with Gasteiger partial charge in [0.25, 0.3) is 0 Å². The van der Waals surface area contributed by atoms with Crippen LogP contribution in [0.25, 0.3) is 0 Å². The molecule has 0 unspecified atom stereocenters. The number of amides is 1. The van der Waals surface area contributed by atoms with Crippen molar-refractivity contribution in [3.05, 3.63) is 71.8 Å². The van der Waals surface area contributed by atoms with Crippen molar-refractivity contribution < 1.29 is 4.79 Å². The Morgan fingerprint density at radius 1 is 0.889 bits per heavy atom. The molecule has 0 heterocycles. The highest BCUT2D eigenvalue weighted by Crippen LogP contribution is 1.99. The van der Waals surface area contributed by atoms with E-state index in [4.69, 9.17) is 0 Å². The molecule has 0 aliphatic carbocycles. The fraction of sp³-hybridized carbons (Fsp3) is 0.333. The van der Waals surface area contributed by atoms with Gasteiger partial charge in [0.15, 0.2) is 5.96 Å². The molecule has 3 N–H and O–H groups in total. The van der Waals surface area contributed by atoms with E-state index in [9.17, 15) is 4.79 Å². The summed E-state index contributed by atoms with van der Waals surface area (Å²) in [4.78, 5) is 16.4. The van der Waals surface area contributed by atoms with E-state index >= 15 is 0 Å². The van der Waals surface area contributed by atoms with E-state index in [2.05, 4.69) is 33.1 Å². The van der Waals surface area contributed by atoms with Crippen molar-refractivity contribution in [1.82, 2.24) is 16.0 Å². The van der Waals surface area contributed by atoms with Crippen LogP contribution in [0, 0.1) is 0 Å². The van der Waals surface area contributed by atoms with Crippen molar-refractivity contribution in [2.45, 2.75) is 26.3 Å². The third kappa shape index (κ3) is 9.98. The van der Waals surface area contributed by atoms with E-state index in [1.54, 1.807) is 0 Å². The van der Waals surface area contributed by atoms with Crippen molar-refractivity contribution >= 4 is 35.8 Å². The van der Waals surface area contributed by atoms with Gasteiger partial charge in [-0.15, -0.1) is 24.0 Å². The van der Waals surface area contributed by atoms with Crippen molar-refractivity contribution in [3.8, 4) is 0 Å². The second-order valence-corrected chi connectivity index (χ2v) is 5.94. The first-order chi connectivity index (χ1) is 12.8. The number of nitrogens with zero attached hydrogens (tertiary/aromatic N) is 1. The largest absolute Gasteiger partial charge is 0.357 e. The van der Waals surface area contributed by atoms with Crippen LogP contribution < -0.4 is 16.0 Å². The average molecular weight is 480 g/mol. The second-order valence-electron chi connectivity index (χ2n) is 5.94. The van der Waals surface area contributed by atoms with Gasteiger partial charge in [0.2, 0.25) is 5.91 Å². The minimum atomic E-state index is 0. The Bertz CT molecular complexity index is 677. The molecule has 6 heteroatoms. The van der Waals surface area contributed by atoms with Gasteiger partial charge in [-0.05, 0) is 24.5 Å². The van der Waals surface area contributed by atoms with Crippen LogP contribution in [0.1, 0.15) is 24.5 Å². The number of halogens is 1. The minimum Gasteiger partial charge on any atom is -0.357 e. The lowest BCUT2D eigenvalue weighted by Gasteiger charge is -2.11. The highest BCUT2D eigenvalue weighted by atomic mass is 127.